The Kier molecular flexibility index (Phi) is 6.44. The molecule has 2 aromatic rings. The Labute approximate surface area is 141 Å². The molecule has 0 unspecified atom stereocenters. The number of carbonyl (C=O) groups excluding carboxylic acids is 1. The maximum atomic E-state index is 10.9. The zero-order valence-corrected chi connectivity index (χ0v) is 13.1. The third-order valence-electron chi connectivity index (χ3n) is 2.93. The standard InChI is InChI=1S/C15H14N2O.C2HF3O2/c1-10(18)2-3-11-4-5-13-9-14(15(16)17)7-6-12(13)8-11;3-2(4,5)1(6)7/h2-9H,1H3,(H3,16,17);(H,6,7)/b3-2+;. The van der Waals surface area contributed by atoms with Crippen molar-refractivity contribution < 1.29 is 27.9 Å². The molecule has 0 spiro atoms. The van der Waals surface area contributed by atoms with Gasteiger partial charge >= 0.3 is 12.1 Å². The summed E-state index contributed by atoms with van der Waals surface area (Å²) in [6.07, 6.45) is -1.74. The summed E-state index contributed by atoms with van der Waals surface area (Å²) in [5, 5.41) is 16.6. The van der Waals surface area contributed by atoms with Crippen molar-refractivity contribution in [1.82, 2.24) is 0 Å². The number of hydrogen-bond donors (Lipinski definition) is 3. The fourth-order valence-corrected chi connectivity index (χ4v) is 1.75. The second-order valence-electron chi connectivity index (χ2n) is 4.98. The van der Waals surface area contributed by atoms with Gasteiger partial charge in [0.05, 0.1) is 0 Å². The fourth-order valence-electron chi connectivity index (χ4n) is 1.75. The van der Waals surface area contributed by atoms with E-state index in [2.05, 4.69) is 0 Å². The molecule has 4 N–H and O–H groups in total. The minimum absolute atomic E-state index is 0.0297. The molecule has 2 aromatic carbocycles. The van der Waals surface area contributed by atoms with Crippen molar-refractivity contribution >= 4 is 34.4 Å². The molecule has 0 amide bonds. The number of amidine groups is 1. The highest BCUT2D eigenvalue weighted by atomic mass is 19.4. The molecular weight excluding hydrogens is 337 g/mol. The summed E-state index contributed by atoms with van der Waals surface area (Å²) in [4.78, 5) is 19.8. The summed E-state index contributed by atoms with van der Waals surface area (Å²) in [6, 6.07) is 11.5. The van der Waals surface area contributed by atoms with Gasteiger partial charge in [0, 0.05) is 5.56 Å². The van der Waals surface area contributed by atoms with E-state index in [9.17, 15) is 18.0 Å². The molecule has 0 aliphatic carbocycles. The number of ketones is 1. The number of carbonyl (C=O) groups is 2. The SMILES string of the molecule is CC(=O)/C=C/c1ccc2cc(C(=N)N)ccc2c1.O=C(O)C(F)(F)F. The van der Waals surface area contributed by atoms with Gasteiger partial charge in [-0.2, -0.15) is 13.2 Å². The van der Waals surface area contributed by atoms with E-state index in [1.807, 2.05) is 36.4 Å². The second-order valence-corrected chi connectivity index (χ2v) is 4.98. The third kappa shape index (κ3) is 6.46. The van der Waals surface area contributed by atoms with Crippen LogP contribution in [0.25, 0.3) is 16.8 Å². The van der Waals surface area contributed by atoms with Crippen molar-refractivity contribution in [3.63, 3.8) is 0 Å². The molecule has 0 bridgehead atoms. The molecule has 0 radical (unpaired) electrons. The highest BCUT2D eigenvalue weighted by molar-refractivity contribution is 5.99. The third-order valence-corrected chi connectivity index (χ3v) is 2.93. The Morgan fingerprint density at radius 2 is 1.64 bits per heavy atom. The maximum absolute atomic E-state index is 10.9. The van der Waals surface area contributed by atoms with Gasteiger partial charge in [-0.25, -0.2) is 4.79 Å². The molecule has 2 rings (SSSR count). The zero-order chi connectivity index (χ0) is 19.2. The van der Waals surface area contributed by atoms with Crippen LogP contribution in [0.3, 0.4) is 0 Å². The molecule has 0 saturated heterocycles. The second kappa shape index (κ2) is 8.09. The first-order valence-corrected chi connectivity index (χ1v) is 6.87. The molecule has 25 heavy (non-hydrogen) atoms. The normalized spacial score (nSPS) is 11.0. The summed E-state index contributed by atoms with van der Waals surface area (Å²) in [5.74, 6) is -2.66. The van der Waals surface area contributed by atoms with Crippen molar-refractivity contribution in [2.75, 3.05) is 0 Å². The Hall–Kier alpha value is -3.16. The number of halogens is 3. The topological polar surface area (TPSA) is 104 Å². The number of nitrogens with one attached hydrogen (secondary N) is 1. The van der Waals surface area contributed by atoms with Crippen LogP contribution in [0, 0.1) is 5.41 Å². The Morgan fingerprint density at radius 3 is 2.12 bits per heavy atom. The number of fused-ring (bicyclic) bond motifs is 1. The predicted molar refractivity (Wildman–Crippen MR) is 88.4 cm³/mol. The number of aliphatic carboxylic acids is 1. The zero-order valence-electron chi connectivity index (χ0n) is 13.1. The molecule has 0 aliphatic heterocycles. The van der Waals surface area contributed by atoms with Crippen molar-refractivity contribution in [3.8, 4) is 0 Å². The van der Waals surface area contributed by atoms with Crippen molar-refractivity contribution in [1.29, 1.82) is 5.41 Å². The van der Waals surface area contributed by atoms with Crippen molar-refractivity contribution in [2.24, 2.45) is 5.73 Å². The number of hydrogen-bond acceptors (Lipinski definition) is 3. The van der Waals surface area contributed by atoms with Crippen LogP contribution < -0.4 is 5.73 Å². The number of alkyl halides is 3. The Bertz CT molecular complexity index is 843. The average Bonchev–Trinajstić information content (AvgIpc) is 2.51. The largest absolute Gasteiger partial charge is 0.490 e. The van der Waals surface area contributed by atoms with Crippen LogP contribution in [-0.4, -0.2) is 28.9 Å². The van der Waals surface area contributed by atoms with Crippen molar-refractivity contribution in [3.05, 3.63) is 53.6 Å². The molecule has 0 aromatic heterocycles. The lowest BCUT2D eigenvalue weighted by Gasteiger charge is -2.03. The van der Waals surface area contributed by atoms with Crippen molar-refractivity contribution in [2.45, 2.75) is 13.1 Å². The lowest BCUT2D eigenvalue weighted by atomic mass is 10.0. The number of nitrogen functional groups attached to an aromatic ring is 1. The monoisotopic (exact) mass is 352 g/mol. The first-order chi connectivity index (χ1) is 11.5. The Morgan fingerprint density at radius 1 is 1.12 bits per heavy atom. The smallest absolute Gasteiger partial charge is 0.475 e. The van der Waals surface area contributed by atoms with Crippen LogP contribution in [0.5, 0.6) is 0 Å². The van der Waals surface area contributed by atoms with Crippen LogP contribution in [-0.2, 0) is 9.59 Å². The van der Waals surface area contributed by atoms with E-state index < -0.39 is 12.1 Å². The number of allylic oxidation sites excluding steroid dienone is 1. The molecule has 0 atom stereocenters. The number of carboxylic acids is 1. The van der Waals surface area contributed by atoms with Crippen LogP contribution >= 0.6 is 0 Å². The number of rotatable bonds is 3. The van der Waals surface area contributed by atoms with Gasteiger partial charge in [-0.15, -0.1) is 0 Å². The van der Waals surface area contributed by atoms with Crippen LogP contribution in [0.1, 0.15) is 18.1 Å². The maximum Gasteiger partial charge on any atom is 0.490 e. The molecule has 0 aliphatic rings. The molecule has 0 saturated carbocycles. The van der Waals surface area contributed by atoms with E-state index in [4.69, 9.17) is 21.0 Å². The molecule has 5 nitrogen and oxygen atoms in total. The van der Waals surface area contributed by atoms with Gasteiger partial charge in [0.2, 0.25) is 0 Å². The summed E-state index contributed by atoms with van der Waals surface area (Å²) in [6.45, 7) is 1.52. The van der Waals surface area contributed by atoms with Gasteiger partial charge < -0.3 is 10.8 Å². The summed E-state index contributed by atoms with van der Waals surface area (Å²) in [7, 11) is 0. The highest BCUT2D eigenvalue weighted by Gasteiger charge is 2.38. The van der Waals surface area contributed by atoms with Gasteiger partial charge in [-0.05, 0) is 41.5 Å². The van der Waals surface area contributed by atoms with E-state index in [1.165, 1.54) is 6.92 Å². The quantitative estimate of drug-likeness (QED) is 0.447. The summed E-state index contributed by atoms with van der Waals surface area (Å²) >= 11 is 0. The van der Waals surface area contributed by atoms with Gasteiger partial charge in [-0.1, -0.05) is 30.3 Å². The van der Waals surface area contributed by atoms with Gasteiger partial charge in [0.15, 0.2) is 5.78 Å². The molecule has 0 fully saturated rings. The molecule has 132 valence electrons. The first kappa shape index (κ1) is 19.9. The van der Waals surface area contributed by atoms with E-state index in [-0.39, 0.29) is 11.6 Å². The average molecular weight is 352 g/mol. The number of nitrogens with two attached hydrogens (primary N) is 1. The van der Waals surface area contributed by atoms with E-state index in [1.54, 1.807) is 12.2 Å². The van der Waals surface area contributed by atoms with E-state index in [0.29, 0.717) is 0 Å². The molecule has 8 heteroatoms. The predicted octanol–water partition coefficient (Wildman–Crippen LogP) is 3.36. The summed E-state index contributed by atoms with van der Waals surface area (Å²) < 4.78 is 31.7. The van der Waals surface area contributed by atoms with E-state index >= 15 is 0 Å². The fraction of sp³-hybridized carbons (Fsp3) is 0.118. The number of benzene rings is 2. The molecular formula is C17H15F3N2O3. The number of carboxylic acid groups (broad SMARTS) is 1. The van der Waals surface area contributed by atoms with Gasteiger partial charge in [-0.3, -0.25) is 10.2 Å². The van der Waals surface area contributed by atoms with Gasteiger partial charge in [0.25, 0.3) is 0 Å². The molecule has 0 heterocycles. The highest BCUT2D eigenvalue weighted by Crippen LogP contribution is 2.18. The van der Waals surface area contributed by atoms with Crippen LogP contribution in [0.15, 0.2) is 42.5 Å². The van der Waals surface area contributed by atoms with Gasteiger partial charge in [0.1, 0.15) is 5.84 Å². The van der Waals surface area contributed by atoms with Crippen LogP contribution in [0.2, 0.25) is 0 Å². The van der Waals surface area contributed by atoms with Crippen LogP contribution in [0.4, 0.5) is 13.2 Å². The summed E-state index contributed by atoms with van der Waals surface area (Å²) in [5.41, 5.74) is 7.15. The first-order valence-electron chi connectivity index (χ1n) is 6.87. The van der Waals surface area contributed by atoms with E-state index in [0.717, 1.165) is 21.9 Å². The minimum atomic E-state index is -5.08. The lowest BCUT2D eigenvalue weighted by molar-refractivity contribution is -0.192. The minimum Gasteiger partial charge on any atom is -0.475 e. The Balaban J connectivity index is 0.000000381. The lowest BCUT2D eigenvalue weighted by Crippen LogP contribution is -2.21.